The van der Waals surface area contributed by atoms with Crippen molar-refractivity contribution in [1.29, 1.82) is 0 Å². The third-order valence-electron chi connectivity index (χ3n) is 5.34. The molecule has 1 heterocycles. The van der Waals surface area contributed by atoms with Crippen molar-refractivity contribution in [3.05, 3.63) is 102 Å². The first kappa shape index (κ1) is 21.3. The molecule has 0 spiro atoms. The van der Waals surface area contributed by atoms with Crippen LogP contribution in [0.5, 0.6) is 0 Å². The number of ether oxygens (including phenoxy) is 2. The summed E-state index contributed by atoms with van der Waals surface area (Å²) in [6.45, 7) is 1.22. The van der Waals surface area contributed by atoms with Crippen molar-refractivity contribution in [2.24, 2.45) is 0 Å². The van der Waals surface area contributed by atoms with Crippen LogP contribution < -0.4 is 4.46 Å². The third kappa shape index (κ3) is 6.04. The second-order valence-corrected chi connectivity index (χ2v) is 10.4. The molecule has 156 valence electrons. The maximum atomic E-state index is 10.6. The Kier molecular flexibility index (Phi) is 7.74. The predicted octanol–water partition coefficient (Wildman–Crippen LogP) is 4.30. The first-order valence-electron chi connectivity index (χ1n) is 10.5. The van der Waals surface area contributed by atoms with Crippen LogP contribution in [0.25, 0.3) is 0 Å². The molecule has 4 rings (SSSR count). The van der Waals surface area contributed by atoms with Gasteiger partial charge >= 0.3 is 185 Å². The Morgan fingerprint density at radius 1 is 0.867 bits per heavy atom. The molecule has 0 aliphatic carbocycles. The van der Waals surface area contributed by atoms with E-state index in [4.69, 9.17) is 9.47 Å². The zero-order chi connectivity index (χ0) is 20.6. The second kappa shape index (κ2) is 10.9. The third-order valence-corrected chi connectivity index (χ3v) is 8.04. The van der Waals surface area contributed by atoms with Gasteiger partial charge in [-0.2, -0.15) is 0 Å². The fourth-order valence-electron chi connectivity index (χ4n) is 3.81. The molecule has 0 bridgehead atoms. The van der Waals surface area contributed by atoms with E-state index in [9.17, 15) is 5.11 Å². The molecule has 1 fully saturated rings. The molecule has 4 heteroatoms. The van der Waals surface area contributed by atoms with Crippen LogP contribution in [0.4, 0.5) is 0 Å². The summed E-state index contributed by atoms with van der Waals surface area (Å²) in [6.07, 6.45) is 0.878. The molecule has 1 N–H and O–H groups in total. The van der Waals surface area contributed by atoms with Gasteiger partial charge in [-0.25, -0.2) is 0 Å². The van der Waals surface area contributed by atoms with Gasteiger partial charge in [0.2, 0.25) is 0 Å². The van der Waals surface area contributed by atoms with Crippen molar-refractivity contribution in [3.63, 3.8) is 0 Å². The molecule has 1 aliphatic rings. The van der Waals surface area contributed by atoms with Crippen LogP contribution >= 0.6 is 0 Å². The maximum absolute atomic E-state index is 10.6. The Morgan fingerprint density at radius 3 is 2.20 bits per heavy atom. The van der Waals surface area contributed by atoms with Crippen molar-refractivity contribution >= 4 is 19.4 Å². The van der Waals surface area contributed by atoms with E-state index in [1.54, 1.807) is 0 Å². The van der Waals surface area contributed by atoms with Gasteiger partial charge < -0.3 is 0 Å². The molecule has 3 nitrogen and oxygen atoms in total. The van der Waals surface area contributed by atoms with Crippen LogP contribution in [0, 0.1) is 0 Å². The van der Waals surface area contributed by atoms with Gasteiger partial charge in [-0.3, -0.25) is 0 Å². The molecule has 4 atom stereocenters. The quantitative estimate of drug-likeness (QED) is 0.502. The van der Waals surface area contributed by atoms with Crippen LogP contribution in [-0.4, -0.2) is 38.9 Å². The first-order valence-corrected chi connectivity index (χ1v) is 12.3. The Balaban J connectivity index is 1.47. The van der Waals surface area contributed by atoms with E-state index in [0.29, 0.717) is 26.1 Å². The minimum atomic E-state index is -0.350. The Bertz CT molecular complexity index is 873. The van der Waals surface area contributed by atoms with Crippen LogP contribution in [0.1, 0.15) is 30.1 Å². The number of hydrogen-bond acceptors (Lipinski definition) is 3. The number of rotatable bonds is 8. The summed E-state index contributed by atoms with van der Waals surface area (Å²) in [6, 6.07) is 31.1. The van der Waals surface area contributed by atoms with Crippen molar-refractivity contribution in [3.8, 4) is 0 Å². The van der Waals surface area contributed by atoms with Gasteiger partial charge in [-0.15, -0.1) is 0 Å². The summed E-state index contributed by atoms with van der Waals surface area (Å²) in [7, 11) is 0. The predicted molar refractivity (Wildman–Crippen MR) is 121 cm³/mol. The molecule has 0 amide bonds. The average Bonchev–Trinajstić information content (AvgIpc) is 2.80. The van der Waals surface area contributed by atoms with Crippen molar-refractivity contribution in [2.45, 2.75) is 42.6 Å². The van der Waals surface area contributed by atoms with E-state index in [1.165, 1.54) is 10.0 Å². The number of benzene rings is 3. The van der Waals surface area contributed by atoms with E-state index in [1.807, 2.05) is 42.5 Å². The summed E-state index contributed by atoms with van der Waals surface area (Å²) in [5, 5.41) is 10.6. The van der Waals surface area contributed by atoms with E-state index in [2.05, 4.69) is 48.5 Å². The normalized spacial score (nSPS) is 22.5. The minimum absolute atomic E-state index is 0.0186. The summed E-state index contributed by atoms with van der Waals surface area (Å²) in [5.41, 5.74) is 2.31. The van der Waals surface area contributed by atoms with Crippen LogP contribution in [0.3, 0.4) is 0 Å². The van der Waals surface area contributed by atoms with Gasteiger partial charge in [-0.1, -0.05) is 0 Å². The molecule has 0 unspecified atom stereocenters. The summed E-state index contributed by atoms with van der Waals surface area (Å²) in [4.78, 5) is 0.241. The Morgan fingerprint density at radius 2 is 1.50 bits per heavy atom. The number of aliphatic hydroxyl groups is 1. The molecular weight excluding hydrogens is 439 g/mol. The first-order chi connectivity index (χ1) is 14.8. The zero-order valence-electron chi connectivity index (χ0n) is 17.0. The standard InChI is InChI=1S/C26H28O3Se/c27-22-16-24(21-12-6-2-7-13-21)29-25(17-22)26(30-23-14-8-3-9-15-23)19-28-18-20-10-4-1-5-11-20/h1-15,22,24-27H,16-19H2/t22-,24+,25-,26-/m0/s1. The molecular formula is C26H28O3Se. The Labute approximate surface area is 185 Å². The van der Waals surface area contributed by atoms with Crippen molar-refractivity contribution in [1.82, 2.24) is 0 Å². The van der Waals surface area contributed by atoms with Crippen molar-refractivity contribution < 1.29 is 14.6 Å². The molecule has 30 heavy (non-hydrogen) atoms. The summed E-state index contributed by atoms with van der Waals surface area (Å²) in [5.74, 6) is 0. The molecule has 3 aromatic rings. The monoisotopic (exact) mass is 468 g/mol. The van der Waals surface area contributed by atoms with E-state index in [-0.39, 0.29) is 38.1 Å². The number of aliphatic hydroxyl groups excluding tert-OH is 1. The molecule has 0 saturated carbocycles. The molecule has 1 saturated heterocycles. The number of hydrogen-bond donors (Lipinski definition) is 1. The second-order valence-electron chi connectivity index (χ2n) is 7.67. The summed E-state index contributed by atoms with van der Waals surface area (Å²) < 4.78 is 14.0. The SMILES string of the molecule is O[C@@H]1C[C@@H]([C@H](COCc2ccccc2)[Se]c2ccccc2)O[C@@H](c2ccccc2)C1. The van der Waals surface area contributed by atoms with Gasteiger partial charge in [0.1, 0.15) is 0 Å². The molecule has 3 aromatic carbocycles. The Hall–Kier alpha value is -1.94. The van der Waals surface area contributed by atoms with Crippen molar-refractivity contribution in [2.75, 3.05) is 6.61 Å². The fraction of sp³-hybridized carbons (Fsp3) is 0.308. The van der Waals surface area contributed by atoms with E-state index in [0.717, 1.165) is 5.56 Å². The van der Waals surface area contributed by atoms with Gasteiger partial charge in [0.25, 0.3) is 0 Å². The zero-order valence-corrected chi connectivity index (χ0v) is 18.7. The summed E-state index contributed by atoms with van der Waals surface area (Å²) >= 11 is 0.195. The van der Waals surface area contributed by atoms with Crippen LogP contribution in [-0.2, 0) is 16.1 Å². The molecule has 0 radical (unpaired) electrons. The van der Waals surface area contributed by atoms with Gasteiger partial charge in [0.15, 0.2) is 0 Å². The molecule has 0 aromatic heterocycles. The van der Waals surface area contributed by atoms with Crippen LogP contribution in [0.15, 0.2) is 91.0 Å². The van der Waals surface area contributed by atoms with E-state index >= 15 is 0 Å². The molecule has 1 aliphatic heterocycles. The fourth-order valence-corrected chi connectivity index (χ4v) is 6.24. The van der Waals surface area contributed by atoms with E-state index < -0.39 is 0 Å². The van der Waals surface area contributed by atoms with Gasteiger partial charge in [0.05, 0.1) is 0 Å². The topological polar surface area (TPSA) is 38.7 Å². The van der Waals surface area contributed by atoms with Gasteiger partial charge in [-0.05, 0) is 0 Å². The van der Waals surface area contributed by atoms with Crippen LogP contribution in [0.2, 0.25) is 4.82 Å². The van der Waals surface area contributed by atoms with Gasteiger partial charge in [0, 0.05) is 0 Å². The average molecular weight is 467 g/mol.